The van der Waals surface area contributed by atoms with Crippen molar-refractivity contribution < 1.29 is 4.42 Å². The first-order valence-electron chi connectivity index (χ1n) is 7.31. The molecular weight excluding hydrogens is 370 g/mol. The maximum atomic E-state index is 12.0. The van der Waals surface area contributed by atoms with Crippen LogP contribution in [0.25, 0.3) is 22.5 Å². The largest absolute Gasteiger partial charge is 0.424 e. The van der Waals surface area contributed by atoms with E-state index in [-0.39, 0.29) is 10.5 Å². The first kappa shape index (κ1) is 16.3. The molecule has 0 aliphatic rings. The van der Waals surface area contributed by atoms with Gasteiger partial charge in [0.2, 0.25) is 0 Å². The lowest BCUT2D eigenvalue weighted by Gasteiger charge is -2.19. The predicted octanol–water partition coefficient (Wildman–Crippen LogP) is 3.78. The first-order valence-corrected chi connectivity index (χ1v) is 8.10. The number of hydrogen-bond acceptors (Lipinski definition) is 5. The monoisotopic (exact) mass is 385 g/mol. The van der Waals surface area contributed by atoms with Crippen LogP contribution < -0.4 is 16.2 Å². The molecule has 0 aliphatic carbocycles. The molecule has 0 saturated heterocycles. The van der Waals surface area contributed by atoms with E-state index in [0.717, 1.165) is 22.4 Å². The minimum Gasteiger partial charge on any atom is -0.424 e. The van der Waals surface area contributed by atoms with Gasteiger partial charge in [-0.15, -0.1) is 0 Å². The molecule has 24 heavy (non-hydrogen) atoms. The summed E-state index contributed by atoms with van der Waals surface area (Å²) >= 11 is 3.27. The highest BCUT2D eigenvalue weighted by molar-refractivity contribution is 9.10. The fourth-order valence-electron chi connectivity index (χ4n) is 2.60. The maximum absolute atomic E-state index is 12.0. The molecule has 0 saturated carbocycles. The zero-order valence-electron chi connectivity index (χ0n) is 13.3. The zero-order valence-corrected chi connectivity index (χ0v) is 14.9. The van der Waals surface area contributed by atoms with Crippen LogP contribution in [0, 0.1) is 0 Å². The molecule has 0 unspecified atom stereocenters. The second kappa shape index (κ2) is 6.49. The number of halogens is 1. The smallest absolute Gasteiger partial charge is 0.295 e. The third-order valence-electron chi connectivity index (χ3n) is 3.65. The summed E-state index contributed by atoms with van der Waals surface area (Å²) in [7, 11) is 3.98. The van der Waals surface area contributed by atoms with Gasteiger partial charge in [0.25, 0.3) is 11.6 Å². The Morgan fingerprint density at radius 1 is 1.00 bits per heavy atom. The van der Waals surface area contributed by atoms with E-state index in [1.807, 2.05) is 67.5 Å². The second-order valence-corrected chi connectivity index (χ2v) is 6.25. The van der Waals surface area contributed by atoms with E-state index in [9.17, 15) is 4.79 Å². The van der Waals surface area contributed by atoms with E-state index in [1.165, 1.54) is 0 Å². The molecule has 0 atom stereocenters. The van der Waals surface area contributed by atoms with Crippen molar-refractivity contribution in [2.45, 2.75) is 0 Å². The summed E-state index contributed by atoms with van der Waals surface area (Å²) in [5.74, 6) is 0.372. The number of nitrogens with zero attached hydrogens (tertiary/aromatic N) is 2. The van der Waals surface area contributed by atoms with Gasteiger partial charge in [0.1, 0.15) is 4.47 Å². The summed E-state index contributed by atoms with van der Waals surface area (Å²) in [6, 6.07) is 15.6. The van der Waals surface area contributed by atoms with Gasteiger partial charge in [-0.25, -0.2) is 0 Å². The van der Waals surface area contributed by atoms with Crippen LogP contribution in [0.4, 0.5) is 11.7 Å². The van der Waals surface area contributed by atoms with Crippen molar-refractivity contribution >= 4 is 27.6 Å². The molecule has 2 aromatic carbocycles. The Morgan fingerprint density at radius 2 is 1.58 bits per heavy atom. The van der Waals surface area contributed by atoms with E-state index in [0.29, 0.717) is 5.76 Å². The molecule has 3 rings (SSSR count). The SMILES string of the molecule is CN(C)c1ccccc1-c1ccccc1-c1oc(N)nc(=O)c1Br. The summed E-state index contributed by atoms with van der Waals surface area (Å²) in [5, 5.41) is 0. The highest BCUT2D eigenvalue weighted by Gasteiger charge is 2.18. The zero-order chi connectivity index (χ0) is 17.3. The van der Waals surface area contributed by atoms with Crippen LogP contribution in [0.15, 0.2) is 62.2 Å². The molecule has 6 heteroatoms. The molecule has 2 N–H and O–H groups in total. The Hall–Kier alpha value is -2.60. The average Bonchev–Trinajstić information content (AvgIpc) is 2.58. The number of benzene rings is 2. The molecule has 1 aromatic heterocycles. The highest BCUT2D eigenvalue weighted by atomic mass is 79.9. The van der Waals surface area contributed by atoms with Crippen molar-refractivity contribution in [1.29, 1.82) is 0 Å². The van der Waals surface area contributed by atoms with Gasteiger partial charge in [0, 0.05) is 30.9 Å². The van der Waals surface area contributed by atoms with Gasteiger partial charge < -0.3 is 15.1 Å². The Morgan fingerprint density at radius 3 is 2.25 bits per heavy atom. The molecule has 5 nitrogen and oxygen atoms in total. The van der Waals surface area contributed by atoms with Crippen molar-refractivity contribution in [2.24, 2.45) is 0 Å². The van der Waals surface area contributed by atoms with Gasteiger partial charge in [-0.05, 0) is 27.6 Å². The standard InChI is InChI=1S/C18H16BrN3O2/c1-22(2)14-10-6-5-8-12(14)11-7-3-4-9-13(11)16-15(19)17(23)21-18(20)24-16/h3-10H,1-2H3,(H2,20,21,23). The van der Waals surface area contributed by atoms with E-state index in [1.54, 1.807) is 0 Å². The van der Waals surface area contributed by atoms with Gasteiger partial charge in [0.15, 0.2) is 5.76 Å². The van der Waals surface area contributed by atoms with Crippen molar-refractivity contribution in [3.63, 3.8) is 0 Å². The number of aromatic nitrogens is 1. The maximum Gasteiger partial charge on any atom is 0.295 e. The van der Waals surface area contributed by atoms with Crippen molar-refractivity contribution in [1.82, 2.24) is 4.98 Å². The number of hydrogen-bond donors (Lipinski definition) is 1. The quantitative estimate of drug-likeness (QED) is 0.742. The Bertz CT molecular complexity index is 951. The summed E-state index contributed by atoms with van der Waals surface area (Å²) in [5.41, 5.74) is 8.97. The van der Waals surface area contributed by atoms with Crippen LogP contribution in [-0.2, 0) is 0 Å². The fourth-order valence-corrected chi connectivity index (χ4v) is 2.98. The molecule has 0 spiro atoms. The van der Waals surface area contributed by atoms with Crippen molar-refractivity contribution in [2.75, 3.05) is 24.7 Å². The van der Waals surface area contributed by atoms with E-state index < -0.39 is 5.56 Å². The molecule has 0 fully saturated rings. The minimum absolute atomic E-state index is 0.158. The van der Waals surface area contributed by atoms with Crippen LogP contribution in [0.5, 0.6) is 0 Å². The van der Waals surface area contributed by atoms with Crippen LogP contribution in [0.1, 0.15) is 0 Å². The Kier molecular flexibility index (Phi) is 4.40. The van der Waals surface area contributed by atoms with E-state index in [2.05, 4.69) is 20.9 Å². The molecule has 0 amide bonds. The Balaban J connectivity index is 2.31. The van der Waals surface area contributed by atoms with Gasteiger partial charge in [-0.3, -0.25) is 4.79 Å². The fraction of sp³-hybridized carbons (Fsp3) is 0.111. The van der Waals surface area contributed by atoms with E-state index >= 15 is 0 Å². The molecule has 122 valence electrons. The van der Waals surface area contributed by atoms with E-state index in [4.69, 9.17) is 10.2 Å². The molecule has 1 heterocycles. The molecule has 0 radical (unpaired) electrons. The number of rotatable bonds is 3. The number of nitrogen functional groups attached to an aromatic ring is 1. The molecule has 0 bridgehead atoms. The molecule has 3 aromatic rings. The van der Waals surface area contributed by atoms with Crippen LogP contribution in [-0.4, -0.2) is 19.1 Å². The Labute approximate surface area is 147 Å². The highest BCUT2D eigenvalue weighted by Crippen LogP contribution is 2.38. The van der Waals surface area contributed by atoms with Gasteiger partial charge in [-0.1, -0.05) is 42.5 Å². The lowest BCUT2D eigenvalue weighted by molar-refractivity contribution is 0.560. The van der Waals surface area contributed by atoms with Crippen molar-refractivity contribution in [3.05, 3.63) is 63.4 Å². The third-order valence-corrected chi connectivity index (χ3v) is 4.35. The summed E-state index contributed by atoms with van der Waals surface area (Å²) in [6.07, 6.45) is 0. The van der Waals surface area contributed by atoms with Gasteiger partial charge in [0.05, 0.1) is 0 Å². The van der Waals surface area contributed by atoms with Gasteiger partial charge >= 0.3 is 0 Å². The number of nitrogens with two attached hydrogens (primary N) is 1. The third kappa shape index (κ3) is 2.92. The van der Waals surface area contributed by atoms with Crippen LogP contribution in [0.2, 0.25) is 0 Å². The minimum atomic E-state index is -0.454. The molecule has 0 aliphatic heterocycles. The predicted molar refractivity (Wildman–Crippen MR) is 100 cm³/mol. The summed E-state index contributed by atoms with van der Waals surface area (Å²) in [4.78, 5) is 17.6. The van der Waals surface area contributed by atoms with Crippen LogP contribution >= 0.6 is 15.9 Å². The van der Waals surface area contributed by atoms with Crippen molar-refractivity contribution in [3.8, 4) is 22.5 Å². The normalized spacial score (nSPS) is 10.6. The lowest BCUT2D eigenvalue weighted by atomic mass is 9.96. The molecular formula is C18H16BrN3O2. The summed E-state index contributed by atoms with van der Waals surface area (Å²) in [6.45, 7) is 0. The number of anilines is 2. The van der Waals surface area contributed by atoms with Crippen LogP contribution in [0.3, 0.4) is 0 Å². The lowest BCUT2D eigenvalue weighted by Crippen LogP contribution is -2.11. The van der Waals surface area contributed by atoms with Gasteiger partial charge in [-0.2, -0.15) is 4.98 Å². The topological polar surface area (TPSA) is 72.4 Å². The second-order valence-electron chi connectivity index (χ2n) is 5.46. The number of para-hydroxylation sites is 1. The average molecular weight is 386 g/mol. The summed E-state index contributed by atoms with van der Waals surface area (Å²) < 4.78 is 5.80. The first-order chi connectivity index (χ1) is 11.5.